The molecule has 0 aromatic carbocycles. The van der Waals surface area contributed by atoms with E-state index in [0.29, 0.717) is 17.8 Å². The Morgan fingerprint density at radius 2 is 2.11 bits per heavy atom. The zero-order valence-corrected chi connectivity index (χ0v) is 10.6. The van der Waals surface area contributed by atoms with Crippen LogP contribution in [0.15, 0.2) is 43.0 Å². The molecule has 0 saturated heterocycles. The van der Waals surface area contributed by atoms with Gasteiger partial charge in [0, 0.05) is 32.2 Å². The van der Waals surface area contributed by atoms with Crippen molar-refractivity contribution in [3.05, 3.63) is 54.1 Å². The van der Waals surface area contributed by atoms with Gasteiger partial charge in [-0.1, -0.05) is 6.07 Å². The van der Waals surface area contributed by atoms with Crippen molar-refractivity contribution in [3.63, 3.8) is 0 Å². The number of carbonyl (C=O) groups is 1. The molecule has 2 aromatic heterocycles. The molecule has 1 amide bonds. The maximum Gasteiger partial charge on any atom is 0.256 e. The number of pyridine rings is 2. The van der Waals surface area contributed by atoms with E-state index in [1.165, 1.54) is 6.20 Å². The second kappa shape index (κ2) is 5.92. The Balaban J connectivity index is 2.15. The maximum absolute atomic E-state index is 12.3. The van der Waals surface area contributed by atoms with Gasteiger partial charge in [0.1, 0.15) is 0 Å². The smallest absolute Gasteiger partial charge is 0.256 e. The van der Waals surface area contributed by atoms with Crippen molar-refractivity contribution < 1.29 is 4.79 Å². The van der Waals surface area contributed by atoms with Crippen molar-refractivity contribution in [2.45, 2.75) is 6.54 Å². The molecule has 0 spiro atoms. The predicted molar refractivity (Wildman–Crippen MR) is 72.1 cm³/mol. The maximum atomic E-state index is 12.3. The van der Waals surface area contributed by atoms with Crippen LogP contribution < -0.4 is 11.3 Å². The Morgan fingerprint density at radius 3 is 2.79 bits per heavy atom. The number of anilines is 1. The van der Waals surface area contributed by atoms with Crippen LogP contribution in [0.4, 0.5) is 5.69 Å². The first-order chi connectivity index (χ1) is 9.22. The number of hydrazine groups is 1. The summed E-state index contributed by atoms with van der Waals surface area (Å²) in [7, 11) is 1.73. The van der Waals surface area contributed by atoms with Gasteiger partial charge in [-0.15, -0.1) is 0 Å². The molecular weight excluding hydrogens is 242 g/mol. The van der Waals surface area contributed by atoms with Crippen LogP contribution in [0.2, 0.25) is 0 Å². The zero-order valence-electron chi connectivity index (χ0n) is 10.6. The number of nitrogens with one attached hydrogen (secondary N) is 1. The molecule has 98 valence electrons. The van der Waals surface area contributed by atoms with Crippen LogP contribution in [0, 0.1) is 0 Å². The molecule has 0 unspecified atom stereocenters. The minimum absolute atomic E-state index is 0.126. The number of amides is 1. The van der Waals surface area contributed by atoms with Crippen LogP contribution >= 0.6 is 0 Å². The topological polar surface area (TPSA) is 84.1 Å². The fourth-order valence-electron chi connectivity index (χ4n) is 1.74. The quantitative estimate of drug-likeness (QED) is 0.631. The Hall–Kier alpha value is -2.47. The van der Waals surface area contributed by atoms with Gasteiger partial charge in [-0.3, -0.25) is 20.6 Å². The summed E-state index contributed by atoms with van der Waals surface area (Å²) in [4.78, 5) is 21.9. The third-order valence-electron chi connectivity index (χ3n) is 2.70. The highest BCUT2D eigenvalue weighted by Crippen LogP contribution is 2.15. The minimum atomic E-state index is -0.126. The molecule has 2 aromatic rings. The standard InChI is InChI=1S/C13H15N5O/c1-18(9-10-3-2-5-15-7-10)13(19)11-4-6-16-8-12(11)17-14/h2-8,17H,9,14H2,1H3. The number of nitrogens with two attached hydrogens (primary N) is 1. The molecule has 6 heteroatoms. The molecule has 0 aliphatic heterocycles. The van der Waals surface area contributed by atoms with Crippen LogP contribution in [0.3, 0.4) is 0 Å². The summed E-state index contributed by atoms with van der Waals surface area (Å²) >= 11 is 0. The van der Waals surface area contributed by atoms with Gasteiger partial charge >= 0.3 is 0 Å². The molecule has 0 fully saturated rings. The summed E-state index contributed by atoms with van der Waals surface area (Å²) in [5.41, 5.74) is 4.43. The number of hydrogen-bond donors (Lipinski definition) is 2. The van der Waals surface area contributed by atoms with E-state index in [-0.39, 0.29) is 5.91 Å². The SMILES string of the molecule is CN(Cc1cccnc1)C(=O)c1ccncc1NN. The Kier molecular flexibility index (Phi) is 4.04. The van der Waals surface area contributed by atoms with Crippen LogP contribution in [0.5, 0.6) is 0 Å². The lowest BCUT2D eigenvalue weighted by Gasteiger charge is -2.18. The molecule has 0 radical (unpaired) electrons. The van der Waals surface area contributed by atoms with Gasteiger partial charge in [-0.25, -0.2) is 0 Å². The Labute approximate surface area is 111 Å². The molecule has 0 atom stereocenters. The van der Waals surface area contributed by atoms with Crippen molar-refractivity contribution in [3.8, 4) is 0 Å². The number of rotatable bonds is 4. The van der Waals surface area contributed by atoms with Crippen LogP contribution in [0.25, 0.3) is 0 Å². The van der Waals surface area contributed by atoms with Crippen LogP contribution in [-0.4, -0.2) is 27.8 Å². The van der Waals surface area contributed by atoms with Gasteiger partial charge in [-0.2, -0.15) is 0 Å². The molecule has 0 saturated carbocycles. The van der Waals surface area contributed by atoms with E-state index in [1.54, 1.807) is 36.6 Å². The minimum Gasteiger partial charge on any atom is -0.337 e. The number of carbonyl (C=O) groups excluding carboxylic acids is 1. The summed E-state index contributed by atoms with van der Waals surface area (Å²) in [6.45, 7) is 0.485. The Morgan fingerprint density at radius 1 is 1.32 bits per heavy atom. The molecule has 0 bridgehead atoms. The van der Waals surface area contributed by atoms with E-state index in [9.17, 15) is 4.79 Å². The van der Waals surface area contributed by atoms with Crippen molar-refractivity contribution in [2.75, 3.05) is 12.5 Å². The lowest BCUT2D eigenvalue weighted by Crippen LogP contribution is -2.27. The lowest BCUT2D eigenvalue weighted by atomic mass is 10.2. The van der Waals surface area contributed by atoms with Crippen molar-refractivity contribution >= 4 is 11.6 Å². The van der Waals surface area contributed by atoms with E-state index in [1.807, 2.05) is 12.1 Å². The first-order valence-electron chi connectivity index (χ1n) is 5.77. The monoisotopic (exact) mass is 257 g/mol. The highest BCUT2D eigenvalue weighted by Gasteiger charge is 2.15. The average molecular weight is 257 g/mol. The van der Waals surface area contributed by atoms with Gasteiger partial charge in [0.25, 0.3) is 5.91 Å². The molecule has 2 rings (SSSR count). The first kappa shape index (κ1) is 13.0. The van der Waals surface area contributed by atoms with Crippen LogP contribution in [0.1, 0.15) is 15.9 Å². The summed E-state index contributed by atoms with van der Waals surface area (Å²) in [5.74, 6) is 5.24. The fourth-order valence-corrected chi connectivity index (χ4v) is 1.74. The first-order valence-corrected chi connectivity index (χ1v) is 5.77. The second-order valence-corrected chi connectivity index (χ2v) is 4.09. The van der Waals surface area contributed by atoms with Crippen molar-refractivity contribution in [1.29, 1.82) is 0 Å². The average Bonchev–Trinajstić information content (AvgIpc) is 2.47. The summed E-state index contributed by atoms with van der Waals surface area (Å²) < 4.78 is 0. The number of nitrogens with zero attached hydrogens (tertiary/aromatic N) is 3. The fraction of sp³-hybridized carbons (Fsp3) is 0.154. The predicted octanol–water partition coefficient (Wildman–Crippen LogP) is 1.03. The molecule has 19 heavy (non-hydrogen) atoms. The largest absolute Gasteiger partial charge is 0.337 e. The molecular formula is C13H15N5O. The Bertz CT molecular complexity index is 558. The highest BCUT2D eigenvalue weighted by molar-refractivity contribution is 5.99. The van der Waals surface area contributed by atoms with E-state index in [4.69, 9.17) is 5.84 Å². The zero-order chi connectivity index (χ0) is 13.7. The summed E-state index contributed by atoms with van der Waals surface area (Å²) in [5, 5.41) is 0. The third kappa shape index (κ3) is 3.05. The lowest BCUT2D eigenvalue weighted by molar-refractivity contribution is 0.0786. The van der Waals surface area contributed by atoms with E-state index >= 15 is 0 Å². The van der Waals surface area contributed by atoms with E-state index in [0.717, 1.165) is 5.56 Å². The van der Waals surface area contributed by atoms with E-state index < -0.39 is 0 Å². The second-order valence-electron chi connectivity index (χ2n) is 4.09. The molecule has 0 aliphatic rings. The van der Waals surface area contributed by atoms with Gasteiger partial charge in [-0.05, 0) is 17.7 Å². The third-order valence-corrected chi connectivity index (χ3v) is 2.70. The van der Waals surface area contributed by atoms with Crippen LogP contribution in [-0.2, 0) is 6.54 Å². The molecule has 6 nitrogen and oxygen atoms in total. The molecule has 3 N–H and O–H groups in total. The normalized spacial score (nSPS) is 10.0. The number of hydrogen-bond acceptors (Lipinski definition) is 5. The number of aromatic nitrogens is 2. The van der Waals surface area contributed by atoms with Gasteiger partial charge in [0.15, 0.2) is 0 Å². The van der Waals surface area contributed by atoms with Crippen molar-refractivity contribution in [2.24, 2.45) is 5.84 Å². The number of nitrogen functional groups attached to an aromatic ring is 1. The molecule has 2 heterocycles. The van der Waals surface area contributed by atoms with Crippen molar-refractivity contribution in [1.82, 2.24) is 14.9 Å². The summed E-state index contributed by atoms with van der Waals surface area (Å²) in [6, 6.07) is 5.40. The summed E-state index contributed by atoms with van der Waals surface area (Å²) in [6.07, 6.45) is 6.51. The van der Waals surface area contributed by atoms with Gasteiger partial charge < -0.3 is 10.3 Å². The van der Waals surface area contributed by atoms with E-state index in [2.05, 4.69) is 15.4 Å². The molecule has 0 aliphatic carbocycles. The van der Waals surface area contributed by atoms with Gasteiger partial charge in [0.2, 0.25) is 0 Å². The highest BCUT2D eigenvalue weighted by atomic mass is 16.2. The van der Waals surface area contributed by atoms with Gasteiger partial charge in [0.05, 0.1) is 17.4 Å².